The third kappa shape index (κ3) is 1.96. The van der Waals surface area contributed by atoms with E-state index in [1.165, 1.54) is 5.56 Å². The summed E-state index contributed by atoms with van der Waals surface area (Å²) in [5.41, 5.74) is 2.25. The Bertz CT molecular complexity index is 342. The molecule has 0 saturated heterocycles. The van der Waals surface area contributed by atoms with Gasteiger partial charge >= 0.3 is 0 Å². The van der Waals surface area contributed by atoms with Crippen molar-refractivity contribution in [2.24, 2.45) is 0 Å². The molecule has 0 atom stereocenters. The standard InChI is InChI=1S/C13H17N/c1-4-13(3,5-2)12-8-6-7-11(9-12)10-14/h6-9H,4-5H2,1-3H3. The maximum Gasteiger partial charge on any atom is 0.0991 e. The third-order valence-electron chi connectivity index (χ3n) is 3.25. The van der Waals surface area contributed by atoms with Crippen LogP contribution in [0.3, 0.4) is 0 Å². The Labute approximate surface area is 86.4 Å². The van der Waals surface area contributed by atoms with Crippen LogP contribution in [0.25, 0.3) is 0 Å². The average molecular weight is 187 g/mol. The third-order valence-corrected chi connectivity index (χ3v) is 3.25. The summed E-state index contributed by atoms with van der Waals surface area (Å²) in [5.74, 6) is 0. The molecule has 0 radical (unpaired) electrons. The van der Waals surface area contributed by atoms with Crippen LogP contribution < -0.4 is 0 Å². The normalized spacial score (nSPS) is 11.0. The van der Waals surface area contributed by atoms with Crippen molar-refractivity contribution in [3.63, 3.8) is 0 Å². The number of benzene rings is 1. The lowest BCUT2D eigenvalue weighted by Gasteiger charge is -2.27. The minimum Gasteiger partial charge on any atom is -0.192 e. The second kappa shape index (κ2) is 4.28. The van der Waals surface area contributed by atoms with Crippen LogP contribution in [0, 0.1) is 11.3 Å². The predicted molar refractivity (Wildman–Crippen MR) is 59.1 cm³/mol. The van der Waals surface area contributed by atoms with Gasteiger partial charge in [-0.15, -0.1) is 0 Å². The van der Waals surface area contributed by atoms with Crippen molar-refractivity contribution < 1.29 is 0 Å². The summed E-state index contributed by atoms with van der Waals surface area (Å²) < 4.78 is 0. The average Bonchev–Trinajstić information content (AvgIpc) is 2.28. The molecule has 0 N–H and O–H groups in total. The molecule has 0 aromatic heterocycles. The molecule has 1 aromatic carbocycles. The van der Waals surface area contributed by atoms with Crippen molar-refractivity contribution in [2.45, 2.75) is 39.0 Å². The molecule has 0 saturated carbocycles. The highest BCUT2D eigenvalue weighted by Gasteiger charge is 2.21. The van der Waals surface area contributed by atoms with E-state index in [1.807, 2.05) is 18.2 Å². The number of rotatable bonds is 3. The summed E-state index contributed by atoms with van der Waals surface area (Å²) in [6.07, 6.45) is 2.22. The van der Waals surface area contributed by atoms with E-state index in [4.69, 9.17) is 5.26 Å². The van der Waals surface area contributed by atoms with Gasteiger partial charge in [0.1, 0.15) is 0 Å². The lowest BCUT2D eigenvalue weighted by atomic mass is 9.77. The molecule has 1 nitrogen and oxygen atoms in total. The van der Waals surface area contributed by atoms with Crippen LogP contribution in [0.1, 0.15) is 44.7 Å². The lowest BCUT2D eigenvalue weighted by molar-refractivity contribution is 0.439. The van der Waals surface area contributed by atoms with Crippen molar-refractivity contribution in [3.8, 4) is 6.07 Å². The first-order valence-electron chi connectivity index (χ1n) is 5.17. The van der Waals surface area contributed by atoms with Crippen LogP contribution in [0.15, 0.2) is 24.3 Å². The number of hydrogen-bond donors (Lipinski definition) is 0. The Balaban J connectivity index is 3.12. The first-order valence-corrected chi connectivity index (χ1v) is 5.17. The van der Waals surface area contributed by atoms with Crippen LogP contribution >= 0.6 is 0 Å². The molecular formula is C13H17N. The zero-order valence-corrected chi connectivity index (χ0v) is 9.17. The van der Waals surface area contributed by atoms with E-state index >= 15 is 0 Å². The van der Waals surface area contributed by atoms with Gasteiger partial charge in [0.15, 0.2) is 0 Å². The lowest BCUT2D eigenvalue weighted by Crippen LogP contribution is -2.19. The SMILES string of the molecule is CCC(C)(CC)c1cccc(C#N)c1. The Kier molecular flexibility index (Phi) is 3.30. The van der Waals surface area contributed by atoms with Gasteiger partial charge in [0.05, 0.1) is 11.6 Å². The van der Waals surface area contributed by atoms with Crippen molar-refractivity contribution in [1.29, 1.82) is 5.26 Å². The molecule has 0 unspecified atom stereocenters. The Morgan fingerprint density at radius 2 is 1.93 bits per heavy atom. The molecule has 74 valence electrons. The smallest absolute Gasteiger partial charge is 0.0991 e. The topological polar surface area (TPSA) is 23.8 Å². The van der Waals surface area contributed by atoms with Gasteiger partial charge in [0.25, 0.3) is 0 Å². The van der Waals surface area contributed by atoms with Gasteiger partial charge in [-0.3, -0.25) is 0 Å². The molecule has 0 aliphatic rings. The summed E-state index contributed by atoms with van der Waals surface area (Å²) in [6, 6.07) is 10.1. The number of hydrogen-bond acceptors (Lipinski definition) is 1. The first-order chi connectivity index (χ1) is 6.66. The van der Waals surface area contributed by atoms with Crippen LogP contribution in [-0.4, -0.2) is 0 Å². The Morgan fingerprint density at radius 1 is 1.29 bits per heavy atom. The van der Waals surface area contributed by atoms with E-state index in [1.54, 1.807) is 0 Å². The predicted octanol–water partition coefficient (Wildman–Crippen LogP) is 3.64. The van der Waals surface area contributed by atoms with Gasteiger partial charge in [-0.1, -0.05) is 32.9 Å². The van der Waals surface area contributed by atoms with Crippen molar-refractivity contribution in [2.75, 3.05) is 0 Å². The van der Waals surface area contributed by atoms with E-state index in [-0.39, 0.29) is 5.41 Å². The molecule has 1 aromatic rings. The maximum atomic E-state index is 8.82. The van der Waals surface area contributed by atoms with E-state index in [0.717, 1.165) is 18.4 Å². The summed E-state index contributed by atoms with van der Waals surface area (Å²) in [7, 11) is 0. The molecule has 0 aliphatic heterocycles. The highest BCUT2D eigenvalue weighted by molar-refractivity contribution is 5.36. The quantitative estimate of drug-likeness (QED) is 0.708. The minimum atomic E-state index is 0.215. The largest absolute Gasteiger partial charge is 0.192 e. The summed E-state index contributed by atoms with van der Waals surface area (Å²) in [5, 5.41) is 8.82. The minimum absolute atomic E-state index is 0.215. The molecule has 0 fully saturated rings. The maximum absolute atomic E-state index is 8.82. The van der Waals surface area contributed by atoms with E-state index in [9.17, 15) is 0 Å². The monoisotopic (exact) mass is 187 g/mol. The highest BCUT2D eigenvalue weighted by Crippen LogP contribution is 2.31. The molecule has 1 heteroatoms. The van der Waals surface area contributed by atoms with Crippen molar-refractivity contribution in [3.05, 3.63) is 35.4 Å². The van der Waals surface area contributed by atoms with Crippen LogP contribution in [0.4, 0.5) is 0 Å². The molecule has 14 heavy (non-hydrogen) atoms. The van der Waals surface area contributed by atoms with Gasteiger partial charge in [0, 0.05) is 0 Å². The highest BCUT2D eigenvalue weighted by atomic mass is 14.3. The molecule has 0 bridgehead atoms. The number of nitrogens with zero attached hydrogens (tertiary/aromatic N) is 1. The van der Waals surface area contributed by atoms with Gasteiger partial charge in [-0.2, -0.15) is 5.26 Å². The second-order valence-electron chi connectivity index (χ2n) is 3.96. The Morgan fingerprint density at radius 3 is 2.43 bits per heavy atom. The Hall–Kier alpha value is -1.29. The molecule has 0 spiro atoms. The van der Waals surface area contributed by atoms with Gasteiger partial charge in [-0.05, 0) is 36.0 Å². The molecular weight excluding hydrogens is 170 g/mol. The van der Waals surface area contributed by atoms with Crippen molar-refractivity contribution >= 4 is 0 Å². The summed E-state index contributed by atoms with van der Waals surface area (Å²) in [4.78, 5) is 0. The van der Waals surface area contributed by atoms with Crippen LogP contribution in [-0.2, 0) is 5.41 Å². The molecule has 0 amide bonds. The van der Waals surface area contributed by atoms with Gasteiger partial charge in [-0.25, -0.2) is 0 Å². The van der Waals surface area contributed by atoms with Gasteiger partial charge < -0.3 is 0 Å². The van der Waals surface area contributed by atoms with Crippen molar-refractivity contribution in [1.82, 2.24) is 0 Å². The fraction of sp³-hybridized carbons (Fsp3) is 0.462. The zero-order chi connectivity index (χ0) is 10.6. The summed E-state index contributed by atoms with van der Waals surface area (Å²) in [6.45, 7) is 6.65. The molecule has 1 rings (SSSR count). The second-order valence-corrected chi connectivity index (χ2v) is 3.96. The zero-order valence-electron chi connectivity index (χ0n) is 9.17. The fourth-order valence-electron chi connectivity index (χ4n) is 1.62. The molecule has 0 heterocycles. The first kappa shape index (κ1) is 10.8. The molecule has 0 aliphatic carbocycles. The van der Waals surface area contributed by atoms with E-state index in [2.05, 4.69) is 32.9 Å². The van der Waals surface area contributed by atoms with Crippen LogP contribution in [0.2, 0.25) is 0 Å². The fourth-order valence-corrected chi connectivity index (χ4v) is 1.62. The van der Waals surface area contributed by atoms with Gasteiger partial charge in [0.2, 0.25) is 0 Å². The van der Waals surface area contributed by atoms with Crippen LogP contribution in [0.5, 0.6) is 0 Å². The number of nitriles is 1. The van der Waals surface area contributed by atoms with E-state index in [0.29, 0.717) is 0 Å². The summed E-state index contributed by atoms with van der Waals surface area (Å²) >= 11 is 0. The van der Waals surface area contributed by atoms with E-state index < -0.39 is 0 Å².